The van der Waals surface area contributed by atoms with Crippen LogP contribution in [0.3, 0.4) is 0 Å². The Morgan fingerprint density at radius 3 is 2.52 bits per heavy atom. The number of halogens is 3. The summed E-state index contributed by atoms with van der Waals surface area (Å²) in [7, 11) is 1.68. The Hall–Kier alpha value is -1.74. The molecule has 1 fully saturated rings. The van der Waals surface area contributed by atoms with Crippen molar-refractivity contribution < 1.29 is 18.3 Å². The van der Waals surface area contributed by atoms with E-state index < -0.39 is 17.8 Å². The molecule has 0 heterocycles. The van der Waals surface area contributed by atoms with Gasteiger partial charge in [-0.3, -0.25) is 0 Å². The monoisotopic (exact) mass is 298 g/mol. The number of hydrogen-bond donors (Lipinski definition) is 1. The molecule has 1 saturated carbocycles. The van der Waals surface area contributed by atoms with Crippen molar-refractivity contribution in [1.29, 1.82) is 5.26 Å². The molecule has 0 bridgehead atoms. The molecule has 1 N–H and O–H groups in total. The molecule has 2 rings (SSSR count). The molecule has 0 spiro atoms. The molecule has 2 unspecified atom stereocenters. The van der Waals surface area contributed by atoms with Crippen molar-refractivity contribution in [3.63, 3.8) is 0 Å². The number of nitriles is 1. The lowest BCUT2D eigenvalue weighted by Gasteiger charge is -2.36. The molecule has 6 heteroatoms. The van der Waals surface area contributed by atoms with E-state index in [1.807, 2.05) is 0 Å². The highest BCUT2D eigenvalue weighted by molar-refractivity contribution is 5.55. The Labute approximate surface area is 121 Å². The number of nitrogens with zero attached hydrogens (tertiary/aromatic N) is 2. The topological polar surface area (TPSA) is 47.3 Å². The molecule has 114 valence electrons. The van der Waals surface area contributed by atoms with Crippen molar-refractivity contribution in [3.05, 3.63) is 29.3 Å². The van der Waals surface area contributed by atoms with Crippen LogP contribution in [0.2, 0.25) is 0 Å². The van der Waals surface area contributed by atoms with Crippen LogP contribution in [0.5, 0.6) is 0 Å². The summed E-state index contributed by atoms with van der Waals surface area (Å²) < 4.78 is 38.9. The van der Waals surface area contributed by atoms with Crippen molar-refractivity contribution in [2.24, 2.45) is 0 Å². The number of likely N-dealkylation sites (N-methyl/N-ethyl adjacent to an activating group) is 1. The first-order valence-corrected chi connectivity index (χ1v) is 6.87. The third-order valence-electron chi connectivity index (χ3n) is 4.03. The van der Waals surface area contributed by atoms with Crippen LogP contribution in [0.4, 0.5) is 18.9 Å². The van der Waals surface area contributed by atoms with Gasteiger partial charge in [-0.1, -0.05) is 12.8 Å². The highest BCUT2D eigenvalue weighted by atomic mass is 19.4. The summed E-state index contributed by atoms with van der Waals surface area (Å²) in [4.78, 5) is 1.68. The second kappa shape index (κ2) is 5.94. The molecule has 0 radical (unpaired) electrons. The zero-order valence-corrected chi connectivity index (χ0v) is 11.7. The maximum Gasteiger partial charge on any atom is 0.417 e. The molecule has 1 aromatic carbocycles. The average Bonchev–Trinajstić information content (AvgIpc) is 2.45. The van der Waals surface area contributed by atoms with Gasteiger partial charge in [-0.25, -0.2) is 0 Å². The largest absolute Gasteiger partial charge is 0.417 e. The minimum atomic E-state index is -4.56. The summed E-state index contributed by atoms with van der Waals surface area (Å²) in [5.41, 5.74) is -0.948. The van der Waals surface area contributed by atoms with E-state index in [0.29, 0.717) is 12.1 Å². The number of aliphatic hydroxyl groups excluding tert-OH is 1. The normalized spacial score (nSPS) is 22.7. The summed E-state index contributed by atoms with van der Waals surface area (Å²) in [5.74, 6) is 0. The fraction of sp³-hybridized carbons (Fsp3) is 0.533. The SMILES string of the molecule is CN(c1ccc(C#N)c(C(F)(F)F)c1)C1CCCCC1O. The Bertz CT molecular complexity index is 551. The van der Waals surface area contributed by atoms with Crippen molar-refractivity contribution >= 4 is 5.69 Å². The van der Waals surface area contributed by atoms with Gasteiger partial charge in [0.2, 0.25) is 0 Å². The molecule has 1 aromatic rings. The van der Waals surface area contributed by atoms with Gasteiger partial charge in [0.15, 0.2) is 0 Å². The van der Waals surface area contributed by atoms with Crippen LogP contribution < -0.4 is 4.90 Å². The van der Waals surface area contributed by atoms with Crippen LogP contribution in [0.1, 0.15) is 36.8 Å². The Morgan fingerprint density at radius 1 is 1.29 bits per heavy atom. The van der Waals surface area contributed by atoms with Crippen LogP contribution in [0, 0.1) is 11.3 Å². The quantitative estimate of drug-likeness (QED) is 0.911. The Balaban J connectivity index is 2.34. The molecule has 21 heavy (non-hydrogen) atoms. The van der Waals surface area contributed by atoms with Crippen molar-refractivity contribution in [2.45, 2.75) is 44.0 Å². The first kappa shape index (κ1) is 15.6. The third-order valence-corrected chi connectivity index (χ3v) is 4.03. The van der Waals surface area contributed by atoms with Crippen LogP contribution >= 0.6 is 0 Å². The number of rotatable bonds is 2. The minimum absolute atomic E-state index is 0.187. The number of benzene rings is 1. The summed E-state index contributed by atoms with van der Waals surface area (Å²) in [6, 6.07) is 5.05. The summed E-state index contributed by atoms with van der Waals surface area (Å²) in [6.07, 6.45) is -1.79. The van der Waals surface area contributed by atoms with E-state index in [1.54, 1.807) is 18.0 Å². The lowest BCUT2D eigenvalue weighted by molar-refractivity contribution is -0.137. The molecular weight excluding hydrogens is 281 g/mol. The number of alkyl halides is 3. The van der Waals surface area contributed by atoms with Crippen LogP contribution in [-0.2, 0) is 6.18 Å². The zero-order chi connectivity index (χ0) is 15.6. The predicted octanol–water partition coefficient (Wildman–Crippen LogP) is 3.32. The molecule has 0 aliphatic heterocycles. The first-order chi connectivity index (χ1) is 9.84. The summed E-state index contributed by atoms with van der Waals surface area (Å²) in [6.45, 7) is 0. The molecule has 2 atom stereocenters. The molecule has 1 aliphatic rings. The van der Waals surface area contributed by atoms with E-state index in [9.17, 15) is 18.3 Å². The highest BCUT2D eigenvalue weighted by Crippen LogP contribution is 2.35. The average molecular weight is 298 g/mol. The first-order valence-electron chi connectivity index (χ1n) is 6.87. The smallest absolute Gasteiger partial charge is 0.391 e. The van der Waals surface area contributed by atoms with E-state index in [4.69, 9.17) is 5.26 Å². The van der Waals surface area contributed by atoms with Gasteiger partial charge in [0.25, 0.3) is 0 Å². The van der Waals surface area contributed by atoms with Gasteiger partial charge < -0.3 is 10.0 Å². The van der Waals surface area contributed by atoms with Gasteiger partial charge >= 0.3 is 6.18 Å². The number of aliphatic hydroxyl groups is 1. The van der Waals surface area contributed by atoms with E-state index in [-0.39, 0.29) is 11.6 Å². The maximum absolute atomic E-state index is 13.0. The van der Waals surface area contributed by atoms with Crippen LogP contribution in [0.15, 0.2) is 18.2 Å². The van der Waals surface area contributed by atoms with E-state index in [1.165, 1.54) is 12.1 Å². The second-order valence-electron chi connectivity index (χ2n) is 5.37. The molecular formula is C15H17F3N2O. The van der Waals surface area contributed by atoms with Gasteiger partial charge in [-0.05, 0) is 31.0 Å². The lowest BCUT2D eigenvalue weighted by atomic mass is 9.91. The van der Waals surface area contributed by atoms with Crippen molar-refractivity contribution in [3.8, 4) is 6.07 Å². The van der Waals surface area contributed by atoms with Gasteiger partial charge in [-0.2, -0.15) is 18.4 Å². The third kappa shape index (κ3) is 3.30. The second-order valence-corrected chi connectivity index (χ2v) is 5.37. The fourth-order valence-electron chi connectivity index (χ4n) is 2.82. The lowest BCUT2D eigenvalue weighted by Crippen LogP contribution is -2.43. The zero-order valence-electron chi connectivity index (χ0n) is 11.7. The van der Waals surface area contributed by atoms with Crippen LogP contribution in [-0.4, -0.2) is 24.3 Å². The van der Waals surface area contributed by atoms with Gasteiger partial charge in [0.05, 0.1) is 29.3 Å². The van der Waals surface area contributed by atoms with Crippen molar-refractivity contribution in [2.75, 3.05) is 11.9 Å². The number of hydrogen-bond acceptors (Lipinski definition) is 3. The van der Waals surface area contributed by atoms with Crippen molar-refractivity contribution in [1.82, 2.24) is 0 Å². The molecule has 0 amide bonds. The molecule has 0 saturated heterocycles. The molecule has 3 nitrogen and oxygen atoms in total. The summed E-state index contributed by atoms with van der Waals surface area (Å²) >= 11 is 0. The van der Waals surface area contributed by atoms with Gasteiger partial charge in [-0.15, -0.1) is 0 Å². The number of anilines is 1. The van der Waals surface area contributed by atoms with E-state index in [0.717, 1.165) is 25.3 Å². The fourth-order valence-corrected chi connectivity index (χ4v) is 2.82. The molecule has 1 aliphatic carbocycles. The standard InChI is InChI=1S/C15H17F3N2O/c1-20(13-4-2-3-5-14(13)21)11-7-6-10(9-19)12(8-11)15(16,17)18/h6-8,13-14,21H,2-5H2,1H3. The van der Waals surface area contributed by atoms with E-state index >= 15 is 0 Å². The summed E-state index contributed by atoms with van der Waals surface area (Å²) in [5, 5.41) is 18.8. The van der Waals surface area contributed by atoms with Gasteiger partial charge in [0, 0.05) is 12.7 Å². The predicted molar refractivity (Wildman–Crippen MR) is 72.8 cm³/mol. The Morgan fingerprint density at radius 2 is 1.95 bits per heavy atom. The maximum atomic E-state index is 13.0. The highest BCUT2D eigenvalue weighted by Gasteiger charge is 2.35. The van der Waals surface area contributed by atoms with E-state index in [2.05, 4.69) is 0 Å². The Kier molecular flexibility index (Phi) is 4.43. The van der Waals surface area contributed by atoms with Crippen LogP contribution in [0.25, 0.3) is 0 Å². The van der Waals surface area contributed by atoms with Gasteiger partial charge in [0.1, 0.15) is 0 Å². The molecule has 0 aromatic heterocycles. The minimum Gasteiger partial charge on any atom is -0.391 e.